The van der Waals surface area contributed by atoms with Crippen LogP contribution in [-0.2, 0) is 4.74 Å². The molecule has 2 heteroatoms. The van der Waals surface area contributed by atoms with Crippen LogP contribution in [0, 0.1) is 23.7 Å². The first-order valence-corrected chi connectivity index (χ1v) is 8.58. The lowest BCUT2D eigenvalue weighted by atomic mass is 9.70. The molecule has 112 valence electrons. The van der Waals surface area contributed by atoms with Gasteiger partial charge in [-0.3, -0.25) is 0 Å². The van der Waals surface area contributed by atoms with Crippen LogP contribution in [0.3, 0.4) is 0 Å². The van der Waals surface area contributed by atoms with Gasteiger partial charge in [0.2, 0.25) is 0 Å². The van der Waals surface area contributed by atoms with E-state index in [1.807, 2.05) is 0 Å². The zero-order valence-corrected chi connectivity index (χ0v) is 13.0. The summed E-state index contributed by atoms with van der Waals surface area (Å²) in [6, 6.07) is 0. The van der Waals surface area contributed by atoms with Crippen LogP contribution in [0.5, 0.6) is 0 Å². The molecule has 3 atom stereocenters. The fraction of sp³-hybridized carbons (Fsp3) is 1.00. The molecule has 0 aromatic rings. The smallest absolute Gasteiger partial charge is 0.0468 e. The third-order valence-corrected chi connectivity index (χ3v) is 5.21. The van der Waals surface area contributed by atoms with Crippen LogP contribution >= 0.6 is 0 Å². The standard InChI is InChI=1S/C17H33NO/c1-3-8-18-13-16-5-4-14(2)11-17(16)12-15-6-9-19-10-7-15/h14-18H,3-13H2,1-2H3. The minimum atomic E-state index is 0.936. The van der Waals surface area contributed by atoms with E-state index in [4.69, 9.17) is 4.74 Å². The SMILES string of the molecule is CCCNCC1CCC(C)CC1CC1CCOCC1. The molecule has 2 rings (SSSR count). The summed E-state index contributed by atoms with van der Waals surface area (Å²) in [5, 5.41) is 3.66. The molecule has 2 nitrogen and oxygen atoms in total. The van der Waals surface area contributed by atoms with Crippen LogP contribution in [0.2, 0.25) is 0 Å². The Hall–Kier alpha value is -0.0800. The Balaban J connectivity index is 1.80. The highest BCUT2D eigenvalue weighted by Crippen LogP contribution is 2.38. The largest absolute Gasteiger partial charge is 0.381 e. The highest BCUT2D eigenvalue weighted by atomic mass is 16.5. The quantitative estimate of drug-likeness (QED) is 0.738. The molecule has 1 aliphatic carbocycles. The lowest BCUT2D eigenvalue weighted by Gasteiger charge is -2.38. The van der Waals surface area contributed by atoms with Crippen LogP contribution in [0.25, 0.3) is 0 Å². The van der Waals surface area contributed by atoms with E-state index in [1.54, 1.807) is 0 Å². The molecule has 19 heavy (non-hydrogen) atoms. The zero-order chi connectivity index (χ0) is 13.5. The highest BCUT2D eigenvalue weighted by Gasteiger charge is 2.30. The summed E-state index contributed by atoms with van der Waals surface area (Å²) in [4.78, 5) is 0. The van der Waals surface area contributed by atoms with Gasteiger partial charge in [0.15, 0.2) is 0 Å². The van der Waals surface area contributed by atoms with E-state index < -0.39 is 0 Å². The van der Waals surface area contributed by atoms with Crippen LogP contribution in [0.1, 0.15) is 58.8 Å². The van der Waals surface area contributed by atoms with Crippen molar-refractivity contribution in [3.63, 3.8) is 0 Å². The van der Waals surface area contributed by atoms with Gasteiger partial charge in [-0.25, -0.2) is 0 Å². The monoisotopic (exact) mass is 267 g/mol. The molecule has 0 aromatic carbocycles. The molecule has 1 heterocycles. The molecule has 0 amide bonds. The van der Waals surface area contributed by atoms with Crippen LogP contribution in [-0.4, -0.2) is 26.3 Å². The Kier molecular flexibility index (Phi) is 6.66. The van der Waals surface area contributed by atoms with Crippen molar-refractivity contribution in [2.75, 3.05) is 26.3 Å². The van der Waals surface area contributed by atoms with Crippen LogP contribution < -0.4 is 5.32 Å². The zero-order valence-electron chi connectivity index (χ0n) is 13.0. The molecule has 1 saturated carbocycles. The number of hydrogen-bond donors (Lipinski definition) is 1. The van der Waals surface area contributed by atoms with E-state index in [2.05, 4.69) is 19.2 Å². The lowest BCUT2D eigenvalue weighted by molar-refractivity contribution is 0.0472. The predicted molar refractivity (Wildman–Crippen MR) is 81.3 cm³/mol. The topological polar surface area (TPSA) is 21.3 Å². The number of hydrogen-bond acceptors (Lipinski definition) is 2. The first-order chi connectivity index (χ1) is 9.29. The van der Waals surface area contributed by atoms with E-state index in [1.165, 1.54) is 58.0 Å². The second kappa shape index (κ2) is 8.26. The molecule has 0 bridgehead atoms. The van der Waals surface area contributed by atoms with E-state index >= 15 is 0 Å². The van der Waals surface area contributed by atoms with Crippen molar-refractivity contribution in [3.8, 4) is 0 Å². The maximum absolute atomic E-state index is 5.50. The molecule has 0 spiro atoms. The van der Waals surface area contributed by atoms with Gasteiger partial charge in [0.05, 0.1) is 0 Å². The van der Waals surface area contributed by atoms with Gasteiger partial charge in [-0.1, -0.05) is 20.3 Å². The van der Waals surface area contributed by atoms with Crippen LogP contribution in [0.15, 0.2) is 0 Å². The summed E-state index contributed by atoms with van der Waals surface area (Å²) in [6.07, 6.45) is 9.70. The fourth-order valence-electron chi connectivity index (χ4n) is 3.99. The van der Waals surface area contributed by atoms with Crippen molar-refractivity contribution in [3.05, 3.63) is 0 Å². The van der Waals surface area contributed by atoms with Gasteiger partial charge in [-0.2, -0.15) is 0 Å². The summed E-state index contributed by atoms with van der Waals surface area (Å²) in [7, 11) is 0. The van der Waals surface area contributed by atoms with Gasteiger partial charge < -0.3 is 10.1 Å². The minimum absolute atomic E-state index is 0.936. The molecule has 1 N–H and O–H groups in total. The van der Waals surface area contributed by atoms with Crippen molar-refractivity contribution in [2.24, 2.45) is 23.7 Å². The summed E-state index contributed by atoms with van der Waals surface area (Å²) in [6.45, 7) is 9.17. The normalized spacial score (nSPS) is 33.5. The minimum Gasteiger partial charge on any atom is -0.381 e. The van der Waals surface area contributed by atoms with Crippen molar-refractivity contribution < 1.29 is 4.74 Å². The van der Waals surface area contributed by atoms with Gasteiger partial charge >= 0.3 is 0 Å². The molecule has 0 aromatic heterocycles. The molecule has 1 aliphatic heterocycles. The van der Waals surface area contributed by atoms with E-state index in [9.17, 15) is 0 Å². The summed E-state index contributed by atoms with van der Waals surface area (Å²) in [5.74, 6) is 3.80. The molecule has 1 saturated heterocycles. The lowest BCUT2D eigenvalue weighted by Crippen LogP contribution is -2.34. The van der Waals surface area contributed by atoms with Crippen molar-refractivity contribution >= 4 is 0 Å². The second-order valence-corrected chi connectivity index (χ2v) is 6.93. The van der Waals surface area contributed by atoms with Gasteiger partial charge in [-0.05, 0) is 75.3 Å². The molecule has 0 radical (unpaired) electrons. The third-order valence-electron chi connectivity index (χ3n) is 5.21. The maximum Gasteiger partial charge on any atom is 0.0468 e. The van der Waals surface area contributed by atoms with Gasteiger partial charge in [0.1, 0.15) is 0 Å². The average Bonchev–Trinajstić information content (AvgIpc) is 2.43. The first kappa shape index (κ1) is 15.3. The predicted octanol–water partition coefficient (Wildman–Crippen LogP) is 3.86. The van der Waals surface area contributed by atoms with Crippen molar-refractivity contribution in [2.45, 2.75) is 58.8 Å². The molecule has 2 aliphatic rings. The average molecular weight is 267 g/mol. The first-order valence-electron chi connectivity index (χ1n) is 8.58. The van der Waals surface area contributed by atoms with E-state index in [0.29, 0.717) is 0 Å². The Morgan fingerprint density at radius 3 is 2.58 bits per heavy atom. The molecule has 2 fully saturated rings. The number of rotatable bonds is 6. The number of ether oxygens (including phenoxy) is 1. The Morgan fingerprint density at radius 1 is 1.05 bits per heavy atom. The fourth-order valence-corrected chi connectivity index (χ4v) is 3.99. The summed E-state index contributed by atoms with van der Waals surface area (Å²) >= 11 is 0. The molecular weight excluding hydrogens is 234 g/mol. The van der Waals surface area contributed by atoms with Gasteiger partial charge in [0.25, 0.3) is 0 Å². The Morgan fingerprint density at radius 2 is 1.84 bits per heavy atom. The van der Waals surface area contributed by atoms with Crippen molar-refractivity contribution in [1.82, 2.24) is 5.32 Å². The maximum atomic E-state index is 5.50. The second-order valence-electron chi connectivity index (χ2n) is 6.93. The summed E-state index contributed by atoms with van der Waals surface area (Å²) < 4.78 is 5.50. The molecular formula is C17H33NO. The summed E-state index contributed by atoms with van der Waals surface area (Å²) in [5.41, 5.74) is 0. The van der Waals surface area contributed by atoms with E-state index in [-0.39, 0.29) is 0 Å². The number of nitrogens with one attached hydrogen (secondary N) is 1. The Bertz CT molecular complexity index is 237. The highest BCUT2D eigenvalue weighted by molar-refractivity contribution is 4.82. The Labute approximate surface area is 119 Å². The van der Waals surface area contributed by atoms with Gasteiger partial charge in [-0.15, -0.1) is 0 Å². The molecule has 3 unspecified atom stereocenters. The van der Waals surface area contributed by atoms with Gasteiger partial charge in [0, 0.05) is 13.2 Å². The van der Waals surface area contributed by atoms with Crippen LogP contribution in [0.4, 0.5) is 0 Å². The van der Waals surface area contributed by atoms with Crippen molar-refractivity contribution in [1.29, 1.82) is 0 Å². The van der Waals surface area contributed by atoms with E-state index in [0.717, 1.165) is 36.9 Å². The third kappa shape index (κ3) is 5.07.